The van der Waals surface area contributed by atoms with E-state index in [0.717, 1.165) is 5.69 Å². The maximum atomic E-state index is 12.9. The molecule has 0 spiro atoms. The number of amides is 2. The van der Waals surface area contributed by atoms with Gasteiger partial charge in [0.1, 0.15) is 5.69 Å². The van der Waals surface area contributed by atoms with Gasteiger partial charge < -0.3 is 15.0 Å². The number of carbonyl (C=O) groups excluding carboxylic acids is 2. The summed E-state index contributed by atoms with van der Waals surface area (Å²) in [6.07, 6.45) is 1.50. The van der Waals surface area contributed by atoms with Gasteiger partial charge in [0.05, 0.1) is 35.3 Å². The lowest BCUT2D eigenvalue weighted by Crippen LogP contribution is -2.41. The zero-order valence-electron chi connectivity index (χ0n) is 15.0. The van der Waals surface area contributed by atoms with Crippen LogP contribution in [0.5, 0.6) is 0 Å². The standard InChI is InChI=1S/C16H21BrN6O3/c1-4-23-14(16(25)22-5-7-26-8-6-22)11(9-18-23)19-15(24)13-12(17)10(2)21(3)20-13/h9H,4-8H2,1-3H3,(H,19,24). The zero-order chi connectivity index (χ0) is 18.8. The molecule has 10 heteroatoms. The van der Waals surface area contributed by atoms with E-state index < -0.39 is 5.91 Å². The first kappa shape index (κ1) is 18.6. The van der Waals surface area contributed by atoms with E-state index in [-0.39, 0.29) is 11.6 Å². The van der Waals surface area contributed by atoms with Gasteiger partial charge >= 0.3 is 0 Å². The molecule has 1 aliphatic heterocycles. The van der Waals surface area contributed by atoms with Crippen LogP contribution in [0, 0.1) is 6.92 Å². The van der Waals surface area contributed by atoms with Crippen LogP contribution in [0.4, 0.5) is 5.69 Å². The Bertz CT molecular complexity index is 837. The monoisotopic (exact) mass is 424 g/mol. The number of aromatic nitrogens is 4. The van der Waals surface area contributed by atoms with Crippen LogP contribution in [-0.2, 0) is 18.3 Å². The predicted octanol–water partition coefficient (Wildman–Crippen LogP) is 1.43. The van der Waals surface area contributed by atoms with Crippen LogP contribution in [0.1, 0.15) is 33.6 Å². The van der Waals surface area contributed by atoms with Gasteiger partial charge in [0.2, 0.25) is 0 Å². The SMILES string of the molecule is CCn1ncc(NC(=O)c2nn(C)c(C)c2Br)c1C(=O)N1CCOCC1. The molecule has 3 heterocycles. The van der Waals surface area contributed by atoms with Gasteiger partial charge in [-0.25, -0.2) is 0 Å². The highest BCUT2D eigenvalue weighted by Gasteiger charge is 2.27. The molecule has 2 aromatic rings. The molecule has 0 aromatic carbocycles. The average molecular weight is 425 g/mol. The van der Waals surface area contributed by atoms with Crippen molar-refractivity contribution < 1.29 is 14.3 Å². The molecule has 0 saturated carbocycles. The Labute approximate surface area is 159 Å². The van der Waals surface area contributed by atoms with E-state index >= 15 is 0 Å². The maximum Gasteiger partial charge on any atom is 0.277 e. The Morgan fingerprint density at radius 3 is 2.62 bits per heavy atom. The van der Waals surface area contributed by atoms with Crippen LogP contribution in [0.15, 0.2) is 10.7 Å². The molecule has 0 aliphatic carbocycles. The van der Waals surface area contributed by atoms with Crippen molar-refractivity contribution >= 4 is 33.4 Å². The Hall–Kier alpha value is -2.20. The van der Waals surface area contributed by atoms with E-state index in [1.807, 2.05) is 13.8 Å². The fraction of sp³-hybridized carbons (Fsp3) is 0.500. The first-order valence-electron chi connectivity index (χ1n) is 8.37. The summed E-state index contributed by atoms with van der Waals surface area (Å²) in [7, 11) is 1.76. The minimum Gasteiger partial charge on any atom is -0.378 e. The van der Waals surface area contributed by atoms with Crippen molar-refractivity contribution in [1.82, 2.24) is 24.5 Å². The zero-order valence-corrected chi connectivity index (χ0v) is 16.5. The Morgan fingerprint density at radius 2 is 2.04 bits per heavy atom. The summed E-state index contributed by atoms with van der Waals surface area (Å²) in [4.78, 5) is 27.3. The van der Waals surface area contributed by atoms with Gasteiger partial charge in [-0.3, -0.25) is 19.0 Å². The molecule has 1 fully saturated rings. The fourth-order valence-corrected chi connectivity index (χ4v) is 3.28. The number of ether oxygens (including phenoxy) is 1. The molecule has 2 amide bonds. The average Bonchev–Trinajstić information content (AvgIpc) is 3.17. The first-order chi connectivity index (χ1) is 12.4. The van der Waals surface area contributed by atoms with Crippen LogP contribution >= 0.6 is 15.9 Å². The molecule has 0 radical (unpaired) electrons. The third kappa shape index (κ3) is 3.38. The van der Waals surface area contributed by atoms with Crippen molar-refractivity contribution in [2.24, 2.45) is 7.05 Å². The van der Waals surface area contributed by atoms with Crippen LogP contribution < -0.4 is 5.32 Å². The number of morpholine rings is 1. The molecule has 26 heavy (non-hydrogen) atoms. The lowest BCUT2D eigenvalue weighted by Gasteiger charge is -2.27. The van der Waals surface area contributed by atoms with Crippen LogP contribution in [0.3, 0.4) is 0 Å². The van der Waals surface area contributed by atoms with E-state index in [1.54, 1.807) is 21.3 Å². The molecule has 0 bridgehead atoms. The third-order valence-corrected chi connectivity index (χ3v) is 5.31. The number of halogens is 1. The second-order valence-electron chi connectivity index (χ2n) is 5.95. The molecule has 0 unspecified atom stereocenters. The number of aryl methyl sites for hydroxylation is 2. The minimum absolute atomic E-state index is 0.167. The molecule has 3 rings (SSSR count). The molecule has 9 nitrogen and oxygen atoms in total. The molecule has 0 atom stereocenters. The molecular formula is C16H21BrN6O3. The number of nitrogens with one attached hydrogen (secondary N) is 1. The first-order valence-corrected chi connectivity index (χ1v) is 9.16. The molecule has 1 saturated heterocycles. The molecule has 1 aliphatic rings. The number of hydrogen-bond donors (Lipinski definition) is 1. The summed E-state index contributed by atoms with van der Waals surface area (Å²) < 4.78 is 9.14. The number of nitrogens with zero attached hydrogens (tertiary/aromatic N) is 5. The third-order valence-electron chi connectivity index (χ3n) is 4.36. The van der Waals surface area contributed by atoms with Crippen LogP contribution in [-0.4, -0.2) is 62.6 Å². The fourth-order valence-electron chi connectivity index (χ4n) is 2.77. The van der Waals surface area contributed by atoms with E-state index in [1.165, 1.54) is 6.20 Å². The van der Waals surface area contributed by atoms with Crippen molar-refractivity contribution in [2.45, 2.75) is 20.4 Å². The highest BCUT2D eigenvalue weighted by molar-refractivity contribution is 9.10. The Kier molecular flexibility index (Phi) is 5.42. The second kappa shape index (κ2) is 7.58. The quantitative estimate of drug-likeness (QED) is 0.800. The van der Waals surface area contributed by atoms with Gasteiger partial charge in [-0.2, -0.15) is 10.2 Å². The van der Waals surface area contributed by atoms with Gasteiger partial charge in [0.15, 0.2) is 5.69 Å². The van der Waals surface area contributed by atoms with Gasteiger partial charge in [0, 0.05) is 26.7 Å². The topological polar surface area (TPSA) is 94.3 Å². The van der Waals surface area contributed by atoms with Gasteiger partial charge in [-0.05, 0) is 29.8 Å². The minimum atomic E-state index is -0.396. The van der Waals surface area contributed by atoms with Crippen molar-refractivity contribution in [3.05, 3.63) is 27.8 Å². The summed E-state index contributed by atoms with van der Waals surface area (Å²) >= 11 is 3.39. The number of hydrogen-bond acceptors (Lipinski definition) is 5. The summed E-state index contributed by atoms with van der Waals surface area (Å²) in [5, 5.41) is 11.2. The lowest BCUT2D eigenvalue weighted by atomic mass is 10.2. The van der Waals surface area contributed by atoms with Gasteiger partial charge in [0.25, 0.3) is 11.8 Å². The summed E-state index contributed by atoms with van der Waals surface area (Å²) in [5.74, 6) is -0.563. The lowest BCUT2D eigenvalue weighted by molar-refractivity contribution is 0.0295. The highest BCUT2D eigenvalue weighted by Crippen LogP contribution is 2.23. The van der Waals surface area contributed by atoms with Crippen LogP contribution in [0.2, 0.25) is 0 Å². The summed E-state index contributed by atoms with van der Waals surface area (Å²) in [6, 6.07) is 0. The molecule has 140 valence electrons. The molecule has 1 N–H and O–H groups in total. The Morgan fingerprint density at radius 1 is 1.35 bits per heavy atom. The second-order valence-corrected chi connectivity index (χ2v) is 6.75. The van der Waals surface area contributed by atoms with Crippen molar-refractivity contribution in [3.8, 4) is 0 Å². The van der Waals surface area contributed by atoms with Crippen molar-refractivity contribution in [1.29, 1.82) is 0 Å². The van der Waals surface area contributed by atoms with E-state index in [4.69, 9.17) is 4.74 Å². The predicted molar refractivity (Wildman–Crippen MR) is 98.2 cm³/mol. The van der Waals surface area contributed by atoms with E-state index in [2.05, 4.69) is 31.4 Å². The van der Waals surface area contributed by atoms with Crippen LogP contribution in [0.25, 0.3) is 0 Å². The van der Waals surface area contributed by atoms with Gasteiger partial charge in [-0.1, -0.05) is 0 Å². The Balaban J connectivity index is 1.88. The molecule has 2 aromatic heterocycles. The number of rotatable bonds is 4. The largest absolute Gasteiger partial charge is 0.378 e. The summed E-state index contributed by atoms with van der Waals surface area (Å²) in [6.45, 7) is 6.33. The summed E-state index contributed by atoms with van der Waals surface area (Å²) in [5.41, 5.74) is 1.85. The normalized spacial score (nSPS) is 14.5. The van der Waals surface area contributed by atoms with Gasteiger partial charge in [-0.15, -0.1) is 0 Å². The van der Waals surface area contributed by atoms with E-state index in [9.17, 15) is 9.59 Å². The van der Waals surface area contributed by atoms with Crippen molar-refractivity contribution in [3.63, 3.8) is 0 Å². The maximum absolute atomic E-state index is 12.9. The number of anilines is 1. The smallest absolute Gasteiger partial charge is 0.277 e. The number of carbonyl (C=O) groups is 2. The van der Waals surface area contributed by atoms with Crippen molar-refractivity contribution in [2.75, 3.05) is 31.6 Å². The highest BCUT2D eigenvalue weighted by atomic mass is 79.9. The molecular weight excluding hydrogens is 404 g/mol. The van der Waals surface area contributed by atoms with E-state index in [0.29, 0.717) is 48.7 Å².